The zero-order valence-electron chi connectivity index (χ0n) is 23.9. The number of nitrogens with one attached hydrogen (secondary N) is 2. The van der Waals surface area contributed by atoms with Gasteiger partial charge in [-0.15, -0.1) is 0 Å². The molecular formula is C30H34N4O8. The van der Waals surface area contributed by atoms with Crippen LogP contribution in [0.25, 0.3) is 5.57 Å². The van der Waals surface area contributed by atoms with E-state index in [0.717, 1.165) is 0 Å². The fraction of sp³-hybridized carbons (Fsp3) is 0.400. The Kier molecular flexibility index (Phi) is 9.05. The number of aromatic nitrogens is 1. The van der Waals surface area contributed by atoms with Gasteiger partial charge in [-0.05, 0) is 62.9 Å². The molecule has 3 heterocycles. The number of β-lactam (4-membered cyclic amide) rings is 1. The van der Waals surface area contributed by atoms with Crippen LogP contribution in [0.2, 0.25) is 0 Å². The lowest BCUT2D eigenvalue weighted by atomic mass is 9.82. The number of hydrogen-bond acceptors (Lipinski definition) is 9. The molecule has 12 heteroatoms. The van der Waals surface area contributed by atoms with E-state index < -0.39 is 42.2 Å². The first-order valence-corrected chi connectivity index (χ1v) is 13.5. The Hall–Kier alpha value is -4.58. The van der Waals surface area contributed by atoms with E-state index in [1.165, 1.54) is 18.0 Å². The van der Waals surface area contributed by atoms with Gasteiger partial charge in [0.05, 0.1) is 48.3 Å². The molecule has 3 atom stereocenters. The van der Waals surface area contributed by atoms with E-state index >= 15 is 0 Å². The SMILES string of the molecule is C[C@@H](O)[C@H]1C(=O)N2C(C(=O)OCOC(=O)C(C)(C)C)=C(c3ccc(CC(=O)NCC(=O)Nc4cccnc4)cc3)C[C@H]12. The highest BCUT2D eigenvalue weighted by Crippen LogP contribution is 2.47. The second kappa shape index (κ2) is 12.5. The van der Waals surface area contributed by atoms with Gasteiger partial charge >= 0.3 is 11.9 Å². The lowest BCUT2D eigenvalue weighted by Gasteiger charge is -2.44. The summed E-state index contributed by atoms with van der Waals surface area (Å²) in [7, 11) is 0. The minimum absolute atomic E-state index is 0.0187. The highest BCUT2D eigenvalue weighted by molar-refractivity contribution is 6.06. The van der Waals surface area contributed by atoms with Crippen LogP contribution in [0.5, 0.6) is 0 Å². The predicted molar refractivity (Wildman–Crippen MR) is 150 cm³/mol. The van der Waals surface area contributed by atoms with Crippen molar-refractivity contribution in [2.45, 2.75) is 52.7 Å². The summed E-state index contributed by atoms with van der Waals surface area (Å²) in [5, 5.41) is 15.3. The molecule has 1 saturated heterocycles. The largest absolute Gasteiger partial charge is 0.427 e. The van der Waals surface area contributed by atoms with Crippen LogP contribution in [0.4, 0.5) is 5.69 Å². The number of amides is 3. The molecule has 0 bridgehead atoms. The zero-order valence-corrected chi connectivity index (χ0v) is 23.9. The van der Waals surface area contributed by atoms with Gasteiger partial charge in [0.15, 0.2) is 0 Å². The molecule has 42 heavy (non-hydrogen) atoms. The standard InChI is InChI=1S/C30H34N4O8/c1-17(35)25-22-13-21(26(34(22)27(25)38)28(39)41-16-42-29(40)30(2,3)4)19-9-7-18(8-10-19)12-23(36)32-15-24(37)33-20-6-5-11-31-14-20/h5-11,14,17,22,25,35H,12-13,15-16H2,1-4H3,(H,32,36)(H,33,37)/t17-,22-,25-/m1/s1. The summed E-state index contributed by atoms with van der Waals surface area (Å²) in [4.78, 5) is 67.7. The molecule has 1 fully saturated rings. The fourth-order valence-corrected chi connectivity index (χ4v) is 4.83. The van der Waals surface area contributed by atoms with Gasteiger partial charge in [0.1, 0.15) is 5.70 Å². The molecular weight excluding hydrogens is 544 g/mol. The summed E-state index contributed by atoms with van der Waals surface area (Å²) in [6, 6.07) is 9.85. The monoisotopic (exact) mass is 578 g/mol. The topological polar surface area (TPSA) is 164 Å². The maximum absolute atomic E-state index is 13.1. The van der Waals surface area contributed by atoms with Gasteiger partial charge in [-0.25, -0.2) is 4.79 Å². The van der Waals surface area contributed by atoms with Crippen LogP contribution in [0.15, 0.2) is 54.5 Å². The van der Waals surface area contributed by atoms with E-state index in [2.05, 4.69) is 15.6 Å². The number of rotatable bonds is 10. The number of carbonyl (C=O) groups excluding carboxylic acids is 5. The van der Waals surface area contributed by atoms with Gasteiger partial charge in [0.25, 0.3) is 0 Å². The van der Waals surface area contributed by atoms with E-state index in [9.17, 15) is 29.1 Å². The number of hydrogen-bond donors (Lipinski definition) is 3. The number of nitrogens with zero attached hydrogens (tertiary/aromatic N) is 2. The first kappa shape index (κ1) is 30.4. The van der Waals surface area contributed by atoms with Gasteiger partial charge in [0.2, 0.25) is 24.5 Å². The van der Waals surface area contributed by atoms with Crippen LogP contribution >= 0.6 is 0 Å². The average molecular weight is 579 g/mol. The quantitative estimate of drug-likeness (QED) is 0.217. The lowest BCUT2D eigenvalue weighted by molar-refractivity contribution is -0.175. The Labute approximate surface area is 243 Å². The molecule has 0 spiro atoms. The minimum Gasteiger partial charge on any atom is -0.427 e. The molecule has 0 saturated carbocycles. The minimum atomic E-state index is -0.893. The summed E-state index contributed by atoms with van der Waals surface area (Å²) < 4.78 is 10.3. The van der Waals surface area contributed by atoms with E-state index in [4.69, 9.17) is 9.47 Å². The fourth-order valence-electron chi connectivity index (χ4n) is 4.83. The number of anilines is 1. The summed E-state index contributed by atoms with van der Waals surface area (Å²) in [6.45, 7) is 5.73. The summed E-state index contributed by atoms with van der Waals surface area (Å²) in [6.07, 6.45) is 2.52. The molecule has 222 valence electrons. The summed E-state index contributed by atoms with van der Waals surface area (Å²) in [5.41, 5.74) is 1.64. The maximum atomic E-state index is 13.1. The molecule has 2 aliphatic heterocycles. The second-order valence-electron chi connectivity index (χ2n) is 11.2. The first-order chi connectivity index (χ1) is 19.9. The molecule has 0 unspecified atom stereocenters. The van der Waals surface area contributed by atoms with Crippen molar-refractivity contribution in [3.63, 3.8) is 0 Å². The smallest absolute Gasteiger partial charge is 0.358 e. The van der Waals surface area contributed by atoms with Crippen LogP contribution in [0, 0.1) is 11.3 Å². The second-order valence-corrected chi connectivity index (χ2v) is 11.2. The molecule has 1 aromatic heterocycles. The highest BCUT2D eigenvalue weighted by Gasteiger charge is 2.57. The molecule has 1 aromatic carbocycles. The van der Waals surface area contributed by atoms with Crippen LogP contribution < -0.4 is 10.6 Å². The van der Waals surface area contributed by atoms with Crippen molar-refractivity contribution in [3.05, 3.63) is 65.6 Å². The Morgan fingerprint density at radius 3 is 2.43 bits per heavy atom. The average Bonchev–Trinajstić information content (AvgIpc) is 3.27. The van der Waals surface area contributed by atoms with Gasteiger partial charge in [-0.2, -0.15) is 0 Å². The molecule has 12 nitrogen and oxygen atoms in total. The summed E-state index contributed by atoms with van der Waals surface area (Å²) in [5.74, 6) is -3.14. The molecule has 2 aliphatic rings. The molecule has 4 rings (SSSR count). The van der Waals surface area contributed by atoms with Crippen molar-refractivity contribution < 1.29 is 38.6 Å². The van der Waals surface area contributed by atoms with Crippen LogP contribution in [0.1, 0.15) is 45.2 Å². The number of fused-ring (bicyclic) bond motifs is 1. The van der Waals surface area contributed by atoms with Crippen molar-refractivity contribution >= 4 is 40.9 Å². The number of aliphatic hydroxyl groups is 1. The van der Waals surface area contributed by atoms with E-state index in [1.54, 1.807) is 63.4 Å². The van der Waals surface area contributed by atoms with Crippen LogP contribution in [0.3, 0.4) is 0 Å². The van der Waals surface area contributed by atoms with Crippen molar-refractivity contribution in [2.75, 3.05) is 18.7 Å². The van der Waals surface area contributed by atoms with Crippen molar-refractivity contribution in [1.82, 2.24) is 15.2 Å². The molecule has 0 radical (unpaired) electrons. The van der Waals surface area contributed by atoms with Crippen molar-refractivity contribution in [1.29, 1.82) is 0 Å². The molecule has 0 aliphatic carbocycles. The van der Waals surface area contributed by atoms with E-state index in [0.29, 0.717) is 28.8 Å². The van der Waals surface area contributed by atoms with Crippen LogP contribution in [-0.4, -0.2) is 70.1 Å². The normalized spacial score (nSPS) is 18.5. The van der Waals surface area contributed by atoms with E-state index in [1.807, 2.05) is 0 Å². The van der Waals surface area contributed by atoms with Gasteiger partial charge < -0.3 is 30.1 Å². The molecule has 2 aromatic rings. The maximum Gasteiger partial charge on any atom is 0.358 e. The number of benzene rings is 1. The Bertz CT molecular complexity index is 1400. The Balaban J connectivity index is 1.42. The van der Waals surface area contributed by atoms with E-state index in [-0.39, 0.29) is 36.4 Å². The number of ether oxygens (including phenoxy) is 2. The lowest BCUT2D eigenvalue weighted by Crippen LogP contribution is -2.61. The third-order valence-electron chi connectivity index (χ3n) is 6.97. The third-order valence-corrected chi connectivity index (χ3v) is 6.97. The predicted octanol–water partition coefficient (Wildman–Crippen LogP) is 1.79. The number of aliphatic hydroxyl groups excluding tert-OH is 1. The van der Waals surface area contributed by atoms with Gasteiger partial charge in [-0.1, -0.05) is 24.3 Å². The number of pyridine rings is 1. The van der Waals surface area contributed by atoms with Gasteiger partial charge in [-0.3, -0.25) is 24.2 Å². The Morgan fingerprint density at radius 2 is 1.81 bits per heavy atom. The molecule has 3 N–H and O–H groups in total. The van der Waals surface area contributed by atoms with Crippen molar-refractivity contribution in [3.8, 4) is 0 Å². The van der Waals surface area contributed by atoms with Crippen molar-refractivity contribution in [2.24, 2.45) is 11.3 Å². The number of esters is 2. The van der Waals surface area contributed by atoms with Gasteiger partial charge in [0, 0.05) is 6.20 Å². The number of carbonyl (C=O) groups is 5. The van der Waals surface area contributed by atoms with Crippen LogP contribution in [-0.2, 0) is 39.9 Å². The molecule has 3 amide bonds. The highest BCUT2D eigenvalue weighted by atomic mass is 16.7. The zero-order chi connectivity index (χ0) is 30.6. The summed E-state index contributed by atoms with van der Waals surface area (Å²) >= 11 is 0. The Morgan fingerprint density at radius 1 is 1.10 bits per heavy atom. The third kappa shape index (κ3) is 6.82. The first-order valence-electron chi connectivity index (χ1n) is 13.5.